The van der Waals surface area contributed by atoms with Gasteiger partial charge >= 0.3 is 0 Å². The second kappa shape index (κ2) is 6.37. The summed E-state index contributed by atoms with van der Waals surface area (Å²) in [6.45, 7) is 5.59. The largest absolute Gasteiger partial charge is 0.490 e. The molecule has 0 aromatic carbocycles. The Morgan fingerprint density at radius 1 is 1.33 bits per heavy atom. The van der Waals surface area contributed by atoms with Crippen LogP contribution in [0.5, 0.6) is 5.75 Å². The summed E-state index contributed by atoms with van der Waals surface area (Å²) in [6.07, 6.45) is 1.92. The maximum Gasteiger partial charge on any atom is 0.137 e. The van der Waals surface area contributed by atoms with E-state index in [0.29, 0.717) is 19.8 Å². The van der Waals surface area contributed by atoms with E-state index in [1.807, 2.05) is 26.0 Å². The zero-order valence-corrected chi connectivity index (χ0v) is 9.27. The van der Waals surface area contributed by atoms with Crippen molar-refractivity contribution in [2.75, 3.05) is 13.2 Å². The second-order valence-electron chi connectivity index (χ2n) is 3.46. The first kappa shape index (κ1) is 11.9. The maximum absolute atomic E-state index is 5.43. The third-order valence-electron chi connectivity index (χ3n) is 1.81. The molecule has 84 valence electrons. The van der Waals surface area contributed by atoms with Crippen LogP contribution in [-0.2, 0) is 11.3 Å². The molecule has 0 fully saturated rings. The fraction of sp³-hybridized carbons (Fsp3) is 0.545. The van der Waals surface area contributed by atoms with Crippen LogP contribution in [0.4, 0.5) is 0 Å². The molecule has 0 atom stereocenters. The van der Waals surface area contributed by atoms with Crippen molar-refractivity contribution in [3.05, 3.63) is 24.0 Å². The zero-order chi connectivity index (χ0) is 11.1. The minimum Gasteiger partial charge on any atom is -0.490 e. The highest BCUT2D eigenvalue weighted by atomic mass is 16.5. The van der Waals surface area contributed by atoms with Crippen LogP contribution >= 0.6 is 0 Å². The smallest absolute Gasteiger partial charge is 0.137 e. The molecule has 1 heterocycles. The molecule has 4 nitrogen and oxygen atoms in total. The highest BCUT2D eigenvalue weighted by molar-refractivity contribution is 5.19. The number of aromatic nitrogens is 1. The highest BCUT2D eigenvalue weighted by Gasteiger charge is 1.96. The summed E-state index contributed by atoms with van der Waals surface area (Å²) in [4.78, 5) is 4.12. The van der Waals surface area contributed by atoms with Crippen LogP contribution in [0.25, 0.3) is 0 Å². The lowest BCUT2D eigenvalue weighted by Crippen LogP contribution is -2.11. The average Bonchev–Trinajstić information content (AvgIpc) is 2.25. The number of nitrogens with two attached hydrogens (primary N) is 1. The van der Waals surface area contributed by atoms with Crippen molar-refractivity contribution in [2.45, 2.75) is 26.5 Å². The van der Waals surface area contributed by atoms with Gasteiger partial charge in [-0.3, -0.25) is 4.98 Å². The summed E-state index contributed by atoms with van der Waals surface area (Å²) in [5.74, 6) is 0.750. The van der Waals surface area contributed by atoms with E-state index in [-0.39, 0.29) is 6.10 Å². The van der Waals surface area contributed by atoms with Crippen LogP contribution in [0.1, 0.15) is 19.5 Å². The molecule has 0 aliphatic rings. The van der Waals surface area contributed by atoms with Gasteiger partial charge in [-0.25, -0.2) is 0 Å². The molecule has 2 N–H and O–H groups in total. The van der Waals surface area contributed by atoms with Gasteiger partial charge in [0, 0.05) is 6.54 Å². The molecule has 0 amide bonds. The fourth-order valence-electron chi connectivity index (χ4n) is 1.06. The molecule has 0 saturated heterocycles. The number of nitrogens with zero attached hydrogens (tertiary/aromatic N) is 1. The predicted octanol–water partition coefficient (Wildman–Crippen LogP) is 1.34. The van der Waals surface area contributed by atoms with Crippen LogP contribution < -0.4 is 10.5 Å². The minimum atomic E-state index is 0.242. The Morgan fingerprint density at radius 3 is 2.67 bits per heavy atom. The van der Waals surface area contributed by atoms with Crippen molar-refractivity contribution in [1.82, 2.24) is 4.98 Å². The van der Waals surface area contributed by atoms with Crippen molar-refractivity contribution >= 4 is 0 Å². The second-order valence-corrected chi connectivity index (χ2v) is 3.46. The number of hydrogen-bond donors (Lipinski definition) is 1. The van der Waals surface area contributed by atoms with Gasteiger partial charge in [0.1, 0.15) is 12.4 Å². The summed E-state index contributed by atoms with van der Waals surface area (Å²) < 4.78 is 10.8. The Hall–Kier alpha value is -1.13. The molecule has 0 aliphatic heterocycles. The maximum atomic E-state index is 5.43. The number of ether oxygens (including phenoxy) is 2. The lowest BCUT2D eigenvalue weighted by molar-refractivity contribution is 0.0552. The molecular formula is C11H18N2O2. The average molecular weight is 210 g/mol. The van der Waals surface area contributed by atoms with Gasteiger partial charge in [0.05, 0.1) is 24.6 Å². The van der Waals surface area contributed by atoms with Gasteiger partial charge in [-0.15, -0.1) is 0 Å². The Balaban J connectivity index is 2.25. The summed E-state index contributed by atoms with van der Waals surface area (Å²) in [5.41, 5.74) is 6.29. The Labute approximate surface area is 90.4 Å². The molecule has 0 radical (unpaired) electrons. The molecule has 4 heteroatoms. The van der Waals surface area contributed by atoms with Gasteiger partial charge in [0.2, 0.25) is 0 Å². The number of hydrogen-bond acceptors (Lipinski definition) is 4. The van der Waals surface area contributed by atoms with Gasteiger partial charge < -0.3 is 15.2 Å². The Morgan fingerprint density at radius 2 is 2.13 bits per heavy atom. The monoisotopic (exact) mass is 210 g/mol. The van der Waals surface area contributed by atoms with Crippen molar-refractivity contribution in [3.63, 3.8) is 0 Å². The molecular weight excluding hydrogens is 192 g/mol. The van der Waals surface area contributed by atoms with Crippen LogP contribution in [-0.4, -0.2) is 24.3 Å². The summed E-state index contributed by atoms with van der Waals surface area (Å²) in [5, 5.41) is 0. The molecule has 0 bridgehead atoms. The van der Waals surface area contributed by atoms with E-state index in [1.54, 1.807) is 6.20 Å². The first-order valence-corrected chi connectivity index (χ1v) is 5.11. The molecule has 1 rings (SSSR count). The van der Waals surface area contributed by atoms with Gasteiger partial charge in [0.15, 0.2) is 0 Å². The van der Waals surface area contributed by atoms with Gasteiger partial charge in [-0.05, 0) is 26.0 Å². The predicted molar refractivity (Wildman–Crippen MR) is 58.7 cm³/mol. The minimum absolute atomic E-state index is 0.242. The van der Waals surface area contributed by atoms with Crippen molar-refractivity contribution in [2.24, 2.45) is 5.73 Å². The lowest BCUT2D eigenvalue weighted by atomic mass is 10.3. The number of rotatable bonds is 6. The lowest BCUT2D eigenvalue weighted by Gasteiger charge is -2.09. The van der Waals surface area contributed by atoms with Crippen LogP contribution in [0.3, 0.4) is 0 Å². The zero-order valence-electron chi connectivity index (χ0n) is 9.27. The first-order chi connectivity index (χ1) is 7.22. The van der Waals surface area contributed by atoms with Crippen molar-refractivity contribution in [3.8, 4) is 5.75 Å². The molecule has 0 spiro atoms. The van der Waals surface area contributed by atoms with E-state index in [1.165, 1.54) is 0 Å². The SMILES string of the molecule is CC(C)OCCOc1ccc(CN)nc1. The summed E-state index contributed by atoms with van der Waals surface area (Å²) in [7, 11) is 0. The van der Waals surface area contributed by atoms with E-state index >= 15 is 0 Å². The first-order valence-electron chi connectivity index (χ1n) is 5.11. The Bertz CT molecular complexity index is 272. The standard InChI is InChI=1S/C11H18N2O2/c1-9(2)14-5-6-15-11-4-3-10(7-12)13-8-11/h3-4,8-9H,5-7,12H2,1-2H3. The van der Waals surface area contributed by atoms with Crippen molar-refractivity contribution in [1.29, 1.82) is 0 Å². The van der Waals surface area contributed by atoms with Crippen LogP contribution in [0.2, 0.25) is 0 Å². The van der Waals surface area contributed by atoms with Gasteiger partial charge in [-0.1, -0.05) is 0 Å². The number of pyridine rings is 1. The molecule has 15 heavy (non-hydrogen) atoms. The van der Waals surface area contributed by atoms with E-state index in [2.05, 4.69) is 4.98 Å². The molecule has 0 saturated carbocycles. The highest BCUT2D eigenvalue weighted by Crippen LogP contribution is 2.08. The van der Waals surface area contributed by atoms with Crippen LogP contribution in [0.15, 0.2) is 18.3 Å². The molecule has 0 aliphatic carbocycles. The fourth-order valence-corrected chi connectivity index (χ4v) is 1.06. The molecule has 1 aromatic rings. The Kier molecular flexibility index (Phi) is 5.07. The summed E-state index contributed by atoms with van der Waals surface area (Å²) in [6, 6.07) is 3.73. The summed E-state index contributed by atoms with van der Waals surface area (Å²) >= 11 is 0. The van der Waals surface area contributed by atoms with E-state index in [4.69, 9.17) is 15.2 Å². The van der Waals surface area contributed by atoms with E-state index in [9.17, 15) is 0 Å². The quantitative estimate of drug-likeness (QED) is 0.720. The van der Waals surface area contributed by atoms with Crippen molar-refractivity contribution < 1.29 is 9.47 Å². The normalized spacial score (nSPS) is 10.7. The van der Waals surface area contributed by atoms with Crippen LogP contribution in [0, 0.1) is 0 Å². The van der Waals surface area contributed by atoms with E-state index in [0.717, 1.165) is 11.4 Å². The van der Waals surface area contributed by atoms with Gasteiger partial charge in [0.25, 0.3) is 0 Å². The molecule has 0 unspecified atom stereocenters. The molecule has 1 aromatic heterocycles. The third kappa shape index (κ3) is 4.76. The van der Waals surface area contributed by atoms with E-state index < -0.39 is 0 Å². The topological polar surface area (TPSA) is 57.4 Å². The van der Waals surface area contributed by atoms with Gasteiger partial charge in [-0.2, -0.15) is 0 Å². The third-order valence-corrected chi connectivity index (χ3v) is 1.81.